The van der Waals surface area contributed by atoms with E-state index in [1.807, 2.05) is 30.3 Å². The van der Waals surface area contributed by atoms with Crippen molar-refractivity contribution in [3.8, 4) is 11.4 Å². The number of benzene rings is 2. The van der Waals surface area contributed by atoms with Crippen LogP contribution in [0.4, 0.5) is 5.69 Å². The van der Waals surface area contributed by atoms with Crippen molar-refractivity contribution in [3.05, 3.63) is 65.5 Å². The highest BCUT2D eigenvalue weighted by Crippen LogP contribution is 2.27. The van der Waals surface area contributed by atoms with Crippen LogP contribution < -0.4 is 10.6 Å². The van der Waals surface area contributed by atoms with Crippen LogP contribution >= 0.6 is 0 Å². The van der Waals surface area contributed by atoms with E-state index in [2.05, 4.69) is 25.7 Å². The highest BCUT2D eigenvalue weighted by molar-refractivity contribution is 6.14. The molecule has 0 radical (unpaired) electrons. The zero-order valence-corrected chi connectivity index (χ0v) is 18.8. The topological polar surface area (TPSA) is 125 Å². The van der Waals surface area contributed by atoms with Crippen molar-refractivity contribution in [2.45, 2.75) is 6.42 Å². The Balaban J connectivity index is 1.53. The summed E-state index contributed by atoms with van der Waals surface area (Å²) in [5, 5.41) is 9.51. The first-order chi connectivity index (χ1) is 16.5. The molecule has 4 aromatic rings. The number of H-pyrrole nitrogens is 1. The number of nitrogens with one attached hydrogen (secondary N) is 3. The summed E-state index contributed by atoms with van der Waals surface area (Å²) >= 11 is 0. The van der Waals surface area contributed by atoms with Crippen LogP contribution in [0.5, 0.6) is 0 Å². The molecule has 10 nitrogen and oxygen atoms in total. The third kappa shape index (κ3) is 3.68. The van der Waals surface area contributed by atoms with Crippen molar-refractivity contribution >= 4 is 34.4 Å². The van der Waals surface area contributed by atoms with Gasteiger partial charge < -0.3 is 20.5 Å². The molecule has 0 saturated carbocycles. The molecule has 0 bridgehead atoms. The summed E-state index contributed by atoms with van der Waals surface area (Å²) < 4.78 is 1.36. The van der Waals surface area contributed by atoms with Gasteiger partial charge in [-0.3, -0.25) is 19.1 Å². The van der Waals surface area contributed by atoms with Crippen LogP contribution in [0.15, 0.2) is 48.7 Å². The SMILES string of the molecule is CNC(=O)c1cc2[nH]c(-c3ccccc3)nc2cc1NC(=O)c1c(C(=O)N2CCC2)cnn1C. The van der Waals surface area contributed by atoms with Gasteiger partial charge in [0.05, 0.1) is 34.0 Å². The molecule has 1 saturated heterocycles. The number of hydrogen-bond donors (Lipinski definition) is 3. The van der Waals surface area contributed by atoms with Crippen molar-refractivity contribution < 1.29 is 14.4 Å². The molecule has 3 heterocycles. The number of likely N-dealkylation sites (tertiary alicyclic amines) is 1. The monoisotopic (exact) mass is 457 g/mol. The summed E-state index contributed by atoms with van der Waals surface area (Å²) in [5.74, 6) is -0.482. The summed E-state index contributed by atoms with van der Waals surface area (Å²) in [4.78, 5) is 48.2. The Labute approximate surface area is 195 Å². The van der Waals surface area contributed by atoms with Gasteiger partial charge in [0.15, 0.2) is 0 Å². The lowest BCUT2D eigenvalue weighted by Gasteiger charge is -2.30. The molecule has 0 atom stereocenters. The number of anilines is 1. The standard InChI is InChI=1S/C24H23N7O3/c1-25-22(32)15-11-18-19(28-21(27-18)14-7-4-3-5-8-14)12-17(15)29-23(33)20-16(13-26-30(20)2)24(34)31-9-6-10-31/h3-5,7-8,11-13H,6,9-10H2,1-2H3,(H,25,32)(H,27,28)(H,29,33). The molecule has 172 valence electrons. The van der Waals surface area contributed by atoms with Gasteiger partial charge in [0, 0.05) is 32.7 Å². The van der Waals surface area contributed by atoms with Crippen LogP contribution in [-0.2, 0) is 7.05 Å². The van der Waals surface area contributed by atoms with E-state index in [0.717, 1.165) is 12.0 Å². The molecule has 2 aromatic heterocycles. The van der Waals surface area contributed by atoms with Gasteiger partial charge in [-0.05, 0) is 18.6 Å². The Bertz CT molecular complexity index is 1420. The van der Waals surface area contributed by atoms with Crippen LogP contribution in [0.1, 0.15) is 37.6 Å². The van der Waals surface area contributed by atoms with Crippen LogP contribution in [0.2, 0.25) is 0 Å². The highest BCUT2D eigenvalue weighted by Gasteiger charge is 2.29. The fourth-order valence-corrected chi connectivity index (χ4v) is 3.95. The minimum Gasteiger partial charge on any atom is -0.355 e. The van der Waals surface area contributed by atoms with Gasteiger partial charge in [0.25, 0.3) is 17.7 Å². The lowest BCUT2D eigenvalue weighted by Crippen LogP contribution is -2.42. The van der Waals surface area contributed by atoms with E-state index >= 15 is 0 Å². The number of nitrogens with zero attached hydrogens (tertiary/aromatic N) is 4. The van der Waals surface area contributed by atoms with Crippen molar-refractivity contribution in [2.75, 3.05) is 25.5 Å². The van der Waals surface area contributed by atoms with Crippen LogP contribution in [0.25, 0.3) is 22.4 Å². The maximum atomic E-state index is 13.3. The molecule has 5 rings (SSSR count). The van der Waals surface area contributed by atoms with Gasteiger partial charge in [-0.1, -0.05) is 30.3 Å². The first-order valence-corrected chi connectivity index (χ1v) is 10.9. The van der Waals surface area contributed by atoms with Crippen LogP contribution in [0, 0.1) is 0 Å². The van der Waals surface area contributed by atoms with Crippen molar-refractivity contribution in [3.63, 3.8) is 0 Å². The molecule has 0 aliphatic carbocycles. The highest BCUT2D eigenvalue weighted by atomic mass is 16.2. The van der Waals surface area contributed by atoms with Crippen LogP contribution in [0.3, 0.4) is 0 Å². The van der Waals surface area contributed by atoms with Crippen molar-refractivity contribution in [1.29, 1.82) is 0 Å². The predicted octanol–water partition coefficient (Wildman–Crippen LogP) is 2.42. The number of aryl methyl sites for hydroxylation is 1. The number of hydrogen-bond acceptors (Lipinski definition) is 5. The third-order valence-electron chi connectivity index (χ3n) is 5.92. The lowest BCUT2D eigenvalue weighted by atomic mass is 10.1. The predicted molar refractivity (Wildman–Crippen MR) is 127 cm³/mol. The second-order valence-electron chi connectivity index (χ2n) is 8.08. The zero-order valence-electron chi connectivity index (χ0n) is 18.8. The molecule has 0 spiro atoms. The van der Waals surface area contributed by atoms with E-state index in [1.165, 1.54) is 17.9 Å². The molecule has 1 aliphatic heterocycles. The van der Waals surface area contributed by atoms with Gasteiger partial charge >= 0.3 is 0 Å². The van der Waals surface area contributed by atoms with Gasteiger partial charge in [-0.2, -0.15) is 5.10 Å². The van der Waals surface area contributed by atoms with E-state index in [4.69, 9.17) is 0 Å². The maximum Gasteiger partial charge on any atom is 0.274 e. The van der Waals surface area contributed by atoms with E-state index in [1.54, 1.807) is 24.1 Å². The average molecular weight is 457 g/mol. The molecule has 1 fully saturated rings. The van der Waals surface area contributed by atoms with Crippen molar-refractivity contribution in [2.24, 2.45) is 7.05 Å². The molecule has 3 amide bonds. The molecule has 2 aromatic carbocycles. The fourth-order valence-electron chi connectivity index (χ4n) is 3.95. The number of carbonyl (C=O) groups excluding carboxylic acids is 3. The smallest absolute Gasteiger partial charge is 0.274 e. The Morgan fingerprint density at radius 3 is 2.47 bits per heavy atom. The minimum atomic E-state index is -0.535. The zero-order chi connectivity index (χ0) is 23.8. The third-order valence-corrected chi connectivity index (χ3v) is 5.92. The summed E-state index contributed by atoms with van der Waals surface area (Å²) in [5.41, 5.74) is 3.05. The second kappa shape index (κ2) is 8.47. The Kier molecular flexibility index (Phi) is 5.33. The summed E-state index contributed by atoms with van der Waals surface area (Å²) in [6.45, 7) is 1.32. The lowest BCUT2D eigenvalue weighted by molar-refractivity contribution is 0.0648. The number of carbonyl (C=O) groups is 3. The summed E-state index contributed by atoms with van der Waals surface area (Å²) in [6.07, 6.45) is 2.34. The average Bonchev–Trinajstić information content (AvgIpc) is 3.40. The number of rotatable bonds is 5. The molecule has 1 aliphatic rings. The number of aromatic nitrogens is 4. The number of amides is 3. The van der Waals surface area contributed by atoms with E-state index in [0.29, 0.717) is 29.9 Å². The second-order valence-corrected chi connectivity index (χ2v) is 8.08. The minimum absolute atomic E-state index is 0.131. The van der Waals surface area contributed by atoms with E-state index < -0.39 is 5.91 Å². The molecule has 34 heavy (non-hydrogen) atoms. The number of imidazole rings is 1. The Morgan fingerprint density at radius 2 is 1.79 bits per heavy atom. The van der Waals surface area contributed by atoms with Crippen molar-refractivity contribution in [1.82, 2.24) is 30.0 Å². The largest absolute Gasteiger partial charge is 0.355 e. The normalized spacial score (nSPS) is 12.9. The molecular weight excluding hydrogens is 434 g/mol. The molecule has 0 unspecified atom stereocenters. The molecular formula is C24H23N7O3. The Morgan fingerprint density at radius 1 is 1.03 bits per heavy atom. The number of aromatic amines is 1. The van der Waals surface area contributed by atoms with Gasteiger partial charge in [-0.15, -0.1) is 0 Å². The Hall–Kier alpha value is -4.47. The first kappa shape index (κ1) is 21.4. The molecule has 10 heteroatoms. The van der Waals surface area contributed by atoms with E-state index in [-0.39, 0.29) is 34.3 Å². The summed E-state index contributed by atoms with van der Waals surface area (Å²) in [6, 6.07) is 12.9. The first-order valence-electron chi connectivity index (χ1n) is 10.9. The summed E-state index contributed by atoms with van der Waals surface area (Å²) in [7, 11) is 3.12. The number of fused-ring (bicyclic) bond motifs is 1. The molecule has 3 N–H and O–H groups in total. The van der Waals surface area contributed by atoms with Gasteiger partial charge in [0.2, 0.25) is 0 Å². The van der Waals surface area contributed by atoms with Crippen LogP contribution in [-0.4, -0.2) is 62.5 Å². The van der Waals surface area contributed by atoms with Gasteiger partial charge in [-0.25, -0.2) is 4.98 Å². The van der Waals surface area contributed by atoms with Gasteiger partial charge in [0.1, 0.15) is 11.5 Å². The fraction of sp³-hybridized carbons (Fsp3) is 0.208. The maximum absolute atomic E-state index is 13.3. The quantitative estimate of drug-likeness (QED) is 0.424. The van der Waals surface area contributed by atoms with E-state index in [9.17, 15) is 14.4 Å².